The van der Waals surface area contributed by atoms with E-state index in [0.29, 0.717) is 0 Å². The van der Waals surface area contributed by atoms with Gasteiger partial charge in [0, 0.05) is 16.4 Å². The molecular formula is C13H12O4S. The van der Waals surface area contributed by atoms with Gasteiger partial charge in [-0.3, -0.25) is 4.79 Å². The van der Waals surface area contributed by atoms with Crippen LogP contribution in [0.1, 0.15) is 17.7 Å². The minimum absolute atomic E-state index is 0.116. The molecule has 5 heteroatoms. The van der Waals surface area contributed by atoms with Crippen LogP contribution < -0.4 is 0 Å². The van der Waals surface area contributed by atoms with Gasteiger partial charge in [0.2, 0.25) is 0 Å². The monoisotopic (exact) mass is 264 g/mol. The van der Waals surface area contributed by atoms with Crippen LogP contribution in [0.2, 0.25) is 0 Å². The molecule has 4 nitrogen and oxygen atoms in total. The highest BCUT2D eigenvalue weighted by atomic mass is 32.1. The summed E-state index contributed by atoms with van der Waals surface area (Å²) in [6.07, 6.45) is 4.52. The maximum absolute atomic E-state index is 11.5. The second kappa shape index (κ2) is 4.42. The fraction of sp³-hybridized carbons (Fsp3) is 0.231. The summed E-state index contributed by atoms with van der Waals surface area (Å²) >= 11 is 1.37. The van der Waals surface area contributed by atoms with E-state index >= 15 is 0 Å². The summed E-state index contributed by atoms with van der Waals surface area (Å²) in [7, 11) is 0. The molecule has 2 rings (SSSR count). The van der Waals surface area contributed by atoms with Gasteiger partial charge in [-0.2, -0.15) is 0 Å². The summed E-state index contributed by atoms with van der Waals surface area (Å²) in [6.45, 7) is 1.55. The summed E-state index contributed by atoms with van der Waals surface area (Å²) in [6, 6.07) is 3.56. The third-order valence-corrected chi connectivity index (χ3v) is 4.10. The van der Waals surface area contributed by atoms with E-state index in [1.165, 1.54) is 23.5 Å². The quantitative estimate of drug-likeness (QED) is 0.879. The van der Waals surface area contributed by atoms with E-state index < -0.39 is 23.3 Å². The fourth-order valence-electron chi connectivity index (χ4n) is 2.16. The number of carboxylic acids is 2. The molecular weight excluding hydrogens is 252 g/mol. The van der Waals surface area contributed by atoms with Crippen LogP contribution in [0, 0.1) is 5.41 Å². The first kappa shape index (κ1) is 12.6. The number of carbonyl (C=O) groups is 2. The number of carboxylic acid groups (broad SMARTS) is 2. The predicted octanol–water partition coefficient (Wildman–Crippen LogP) is 2.50. The van der Waals surface area contributed by atoms with Crippen molar-refractivity contribution in [3.05, 3.63) is 46.2 Å². The van der Waals surface area contributed by atoms with Gasteiger partial charge in [0.1, 0.15) is 0 Å². The van der Waals surface area contributed by atoms with Crippen molar-refractivity contribution < 1.29 is 19.8 Å². The van der Waals surface area contributed by atoms with E-state index in [4.69, 9.17) is 0 Å². The zero-order valence-corrected chi connectivity index (χ0v) is 10.5. The minimum atomic E-state index is -1.23. The van der Waals surface area contributed by atoms with E-state index in [0.717, 1.165) is 4.88 Å². The standard InChI is InChI=1S/C13H12O4S/c1-13(12(16)17)6-2-4-8(11(14)15)10(13)9-5-3-7-18-9/h2-7,10H,1H3,(H,14,15)(H,16,17)/t10?,13-/m1/s1. The van der Waals surface area contributed by atoms with Gasteiger partial charge in [-0.15, -0.1) is 11.3 Å². The molecule has 0 bridgehead atoms. The van der Waals surface area contributed by atoms with Gasteiger partial charge in [-0.05, 0) is 18.4 Å². The van der Waals surface area contributed by atoms with Crippen molar-refractivity contribution in [3.63, 3.8) is 0 Å². The van der Waals surface area contributed by atoms with Gasteiger partial charge in [0.15, 0.2) is 0 Å². The van der Waals surface area contributed by atoms with E-state index in [1.54, 1.807) is 25.1 Å². The molecule has 1 unspecified atom stereocenters. The Labute approximate surface area is 108 Å². The first-order valence-corrected chi connectivity index (χ1v) is 6.24. The fourth-order valence-corrected chi connectivity index (χ4v) is 3.14. The van der Waals surface area contributed by atoms with Crippen LogP contribution in [0.5, 0.6) is 0 Å². The van der Waals surface area contributed by atoms with Crippen molar-refractivity contribution in [2.45, 2.75) is 12.8 Å². The molecule has 0 spiro atoms. The summed E-state index contributed by atoms with van der Waals surface area (Å²) < 4.78 is 0. The summed E-state index contributed by atoms with van der Waals surface area (Å²) in [4.78, 5) is 23.5. The molecule has 0 saturated carbocycles. The minimum Gasteiger partial charge on any atom is -0.481 e. The smallest absolute Gasteiger partial charge is 0.332 e. The molecule has 0 aromatic carbocycles. The van der Waals surface area contributed by atoms with Gasteiger partial charge in [-0.1, -0.05) is 24.3 Å². The molecule has 1 heterocycles. The molecule has 0 amide bonds. The lowest BCUT2D eigenvalue weighted by molar-refractivity contribution is -0.146. The number of thiophene rings is 1. The van der Waals surface area contributed by atoms with Gasteiger partial charge in [-0.25, -0.2) is 4.79 Å². The number of hydrogen-bond acceptors (Lipinski definition) is 3. The van der Waals surface area contributed by atoms with Gasteiger partial charge in [0.05, 0.1) is 5.41 Å². The van der Waals surface area contributed by atoms with Crippen LogP contribution >= 0.6 is 11.3 Å². The molecule has 1 aliphatic rings. The lowest BCUT2D eigenvalue weighted by Gasteiger charge is -2.33. The first-order chi connectivity index (χ1) is 8.47. The zero-order chi connectivity index (χ0) is 13.3. The molecule has 0 radical (unpaired) electrons. The molecule has 2 N–H and O–H groups in total. The van der Waals surface area contributed by atoms with Crippen LogP contribution in [0.25, 0.3) is 0 Å². The predicted molar refractivity (Wildman–Crippen MR) is 67.7 cm³/mol. The van der Waals surface area contributed by atoms with E-state index in [2.05, 4.69) is 0 Å². The average molecular weight is 264 g/mol. The van der Waals surface area contributed by atoms with Gasteiger partial charge in [0.25, 0.3) is 0 Å². The summed E-state index contributed by atoms with van der Waals surface area (Å²) in [5, 5.41) is 20.4. The topological polar surface area (TPSA) is 74.6 Å². The molecule has 0 fully saturated rings. The van der Waals surface area contributed by atoms with Crippen molar-refractivity contribution in [3.8, 4) is 0 Å². The highest BCUT2D eigenvalue weighted by molar-refractivity contribution is 7.10. The maximum atomic E-state index is 11.5. The van der Waals surface area contributed by atoms with Crippen molar-refractivity contribution in [2.75, 3.05) is 0 Å². The Balaban J connectivity index is 2.58. The van der Waals surface area contributed by atoms with E-state index in [9.17, 15) is 19.8 Å². The third-order valence-electron chi connectivity index (χ3n) is 3.16. The Kier molecular flexibility index (Phi) is 3.09. The second-order valence-corrected chi connectivity index (χ2v) is 5.30. The molecule has 0 saturated heterocycles. The molecule has 0 aliphatic heterocycles. The number of hydrogen-bond donors (Lipinski definition) is 2. The number of allylic oxidation sites excluding steroid dienone is 2. The van der Waals surface area contributed by atoms with Crippen LogP contribution in [-0.2, 0) is 9.59 Å². The molecule has 1 aromatic rings. The molecule has 1 aromatic heterocycles. The Bertz CT molecular complexity index is 541. The van der Waals surface area contributed by atoms with Crippen molar-refractivity contribution in [1.82, 2.24) is 0 Å². The average Bonchev–Trinajstić information content (AvgIpc) is 2.81. The maximum Gasteiger partial charge on any atom is 0.332 e. The van der Waals surface area contributed by atoms with E-state index in [1.807, 2.05) is 5.38 Å². The Hall–Kier alpha value is -1.88. The van der Waals surface area contributed by atoms with Crippen molar-refractivity contribution in [2.24, 2.45) is 5.41 Å². The number of rotatable bonds is 3. The highest BCUT2D eigenvalue weighted by Crippen LogP contribution is 2.46. The number of aliphatic carboxylic acids is 2. The Morgan fingerprint density at radius 1 is 1.39 bits per heavy atom. The van der Waals surface area contributed by atoms with Crippen LogP contribution in [-0.4, -0.2) is 22.2 Å². The molecule has 94 valence electrons. The highest BCUT2D eigenvalue weighted by Gasteiger charge is 2.45. The van der Waals surface area contributed by atoms with E-state index in [-0.39, 0.29) is 5.57 Å². The van der Waals surface area contributed by atoms with Gasteiger partial charge >= 0.3 is 11.9 Å². The second-order valence-electron chi connectivity index (χ2n) is 4.32. The summed E-state index contributed by atoms with van der Waals surface area (Å²) in [5.41, 5.74) is -1.11. The Morgan fingerprint density at radius 3 is 2.61 bits per heavy atom. The van der Waals surface area contributed by atoms with Crippen molar-refractivity contribution in [1.29, 1.82) is 0 Å². The molecule has 18 heavy (non-hydrogen) atoms. The van der Waals surface area contributed by atoms with Crippen LogP contribution in [0.15, 0.2) is 41.3 Å². The van der Waals surface area contributed by atoms with Gasteiger partial charge < -0.3 is 10.2 Å². The molecule has 2 atom stereocenters. The molecule has 1 aliphatic carbocycles. The zero-order valence-electron chi connectivity index (χ0n) is 9.66. The summed E-state index contributed by atoms with van der Waals surface area (Å²) in [5.74, 6) is -2.76. The van der Waals surface area contributed by atoms with Crippen molar-refractivity contribution >= 4 is 23.3 Å². The van der Waals surface area contributed by atoms with Crippen LogP contribution in [0.4, 0.5) is 0 Å². The Morgan fingerprint density at radius 2 is 2.11 bits per heavy atom. The SMILES string of the molecule is C[C@@]1(C(=O)O)C=CC=C(C(=O)O)C1c1cccs1. The van der Waals surface area contributed by atoms with Crippen LogP contribution in [0.3, 0.4) is 0 Å². The first-order valence-electron chi connectivity index (χ1n) is 5.36. The lowest BCUT2D eigenvalue weighted by atomic mass is 9.69. The third kappa shape index (κ3) is 1.86. The normalized spacial score (nSPS) is 26.7. The lowest BCUT2D eigenvalue weighted by Crippen LogP contribution is -2.36. The largest absolute Gasteiger partial charge is 0.481 e.